The van der Waals surface area contributed by atoms with Gasteiger partial charge in [0, 0.05) is 31.6 Å². The van der Waals surface area contributed by atoms with Gasteiger partial charge in [-0.2, -0.15) is 0 Å². The van der Waals surface area contributed by atoms with Gasteiger partial charge in [0.05, 0.1) is 0 Å². The van der Waals surface area contributed by atoms with E-state index in [0.29, 0.717) is 6.42 Å². The minimum Gasteiger partial charge on any atom is -0.343 e. The van der Waals surface area contributed by atoms with Crippen LogP contribution in [0.15, 0.2) is 0 Å². The van der Waals surface area contributed by atoms with Crippen molar-refractivity contribution in [1.29, 1.82) is 0 Å². The fraction of sp³-hybridized carbons (Fsp3) is 0.941. The van der Waals surface area contributed by atoms with Gasteiger partial charge in [-0.05, 0) is 59.0 Å². The molecule has 124 valence electrons. The summed E-state index contributed by atoms with van der Waals surface area (Å²) in [5.74, 6) is 1.04. The molecule has 0 atom stereocenters. The average molecular weight is 297 g/mol. The summed E-state index contributed by atoms with van der Waals surface area (Å²) in [6.45, 7) is 10.4. The third kappa shape index (κ3) is 7.82. The molecule has 1 heterocycles. The lowest BCUT2D eigenvalue weighted by Crippen LogP contribution is -2.42. The molecular formula is C17H35N3O. The van der Waals surface area contributed by atoms with Crippen LogP contribution in [0.1, 0.15) is 59.3 Å². The molecule has 0 aromatic rings. The number of nitrogens with zero attached hydrogens (tertiary/aromatic N) is 2. The molecule has 0 radical (unpaired) electrons. The van der Waals surface area contributed by atoms with Crippen molar-refractivity contribution in [3.63, 3.8) is 0 Å². The van der Waals surface area contributed by atoms with Gasteiger partial charge in [0.25, 0.3) is 0 Å². The number of carbonyl (C=O) groups is 1. The van der Waals surface area contributed by atoms with Crippen LogP contribution in [0.4, 0.5) is 0 Å². The Labute approximate surface area is 131 Å². The lowest BCUT2D eigenvalue weighted by atomic mass is 9.95. The van der Waals surface area contributed by atoms with Crippen LogP contribution in [0.3, 0.4) is 0 Å². The van der Waals surface area contributed by atoms with Gasteiger partial charge < -0.3 is 15.5 Å². The van der Waals surface area contributed by atoms with Crippen LogP contribution in [-0.4, -0.2) is 54.5 Å². The third-order valence-corrected chi connectivity index (χ3v) is 4.41. The first-order valence-electron chi connectivity index (χ1n) is 8.57. The van der Waals surface area contributed by atoms with Gasteiger partial charge >= 0.3 is 0 Å². The van der Waals surface area contributed by atoms with E-state index < -0.39 is 0 Å². The number of hydrogen-bond acceptors (Lipinski definition) is 3. The number of rotatable bonds is 8. The van der Waals surface area contributed by atoms with Crippen LogP contribution < -0.4 is 5.73 Å². The number of likely N-dealkylation sites (tertiary alicyclic amines) is 1. The minimum absolute atomic E-state index is 0.240. The predicted molar refractivity (Wildman–Crippen MR) is 89.2 cm³/mol. The molecule has 0 saturated carbocycles. The highest BCUT2D eigenvalue weighted by Crippen LogP contribution is 2.20. The Morgan fingerprint density at radius 1 is 1.33 bits per heavy atom. The fourth-order valence-corrected chi connectivity index (χ4v) is 2.91. The molecule has 0 aromatic heterocycles. The van der Waals surface area contributed by atoms with Crippen molar-refractivity contribution >= 4 is 5.91 Å². The van der Waals surface area contributed by atoms with Crippen molar-refractivity contribution in [3.8, 4) is 0 Å². The van der Waals surface area contributed by atoms with Crippen molar-refractivity contribution in [1.82, 2.24) is 9.80 Å². The van der Waals surface area contributed by atoms with Gasteiger partial charge in [-0.15, -0.1) is 0 Å². The van der Waals surface area contributed by atoms with E-state index in [2.05, 4.69) is 18.9 Å². The number of amides is 1. The van der Waals surface area contributed by atoms with Crippen molar-refractivity contribution in [2.75, 3.05) is 33.2 Å². The quantitative estimate of drug-likeness (QED) is 0.749. The van der Waals surface area contributed by atoms with E-state index in [1.54, 1.807) is 0 Å². The van der Waals surface area contributed by atoms with Gasteiger partial charge in [-0.3, -0.25) is 4.79 Å². The molecule has 1 saturated heterocycles. The van der Waals surface area contributed by atoms with E-state index in [4.69, 9.17) is 5.73 Å². The second kappa shape index (κ2) is 8.74. The number of nitrogens with two attached hydrogens (primary N) is 1. The lowest BCUT2D eigenvalue weighted by molar-refractivity contribution is -0.133. The van der Waals surface area contributed by atoms with Crippen molar-refractivity contribution in [2.24, 2.45) is 11.7 Å². The molecule has 0 unspecified atom stereocenters. The molecule has 2 N–H and O–H groups in total. The van der Waals surface area contributed by atoms with Crippen LogP contribution in [0.25, 0.3) is 0 Å². The first kappa shape index (κ1) is 18.4. The molecule has 21 heavy (non-hydrogen) atoms. The van der Waals surface area contributed by atoms with Gasteiger partial charge in [0.2, 0.25) is 5.91 Å². The molecule has 0 spiro atoms. The van der Waals surface area contributed by atoms with Crippen molar-refractivity contribution in [3.05, 3.63) is 0 Å². The molecule has 0 aliphatic carbocycles. The van der Waals surface area contributed by atoms with Gasteiger partial charge in [0.1, 0.15) is 0 Å². The summed E-state index contributed by atoms with van der Waals surface area (Å²) >= 11 is 0. The fourth-order valence-electron chi connectivity index (χ4n) is 2.91. The summed E-state index contributed by atoms with van der Waals surface area (Å²) in [5, 5.41) is 0. The maximum Gasteiger partial charge on any atom is 0.222 e. The van der Waals surface area contributed by atoms with E-state index in [-0.39, 0.29) is 11.4 Å². The number of piperidine rings is 1. The normalized spacial score (nSPS) is 17.5. The summed E-state index contributed by atoms with van der Waals surface area (Å²) in [6.07, 6.45) is 6.19. The molecule has 4 nitrogen and oxygen atoms in total. The van der Waals surface area contributed by atoms with Crippen LogP contribution in [0.5, 0.6) is 0 Å². The molecule has 1 amide bonds. The first-order valence-corrected chi connectivity index (χ1v) is 8.57. The van der Waals surface area contributed by atoms with E-state index in [0.717, 1.165) is 38.3 Å². The molecule has 1 fully saturated rings. The molecule has 4 heteroatoms. The summed E-state index contributed by atoms with van der Waals surface area (Å²) in [7, 11) is 2.22. The largest absolute Gasteiger partial charge is 0.343 e. The highest BCUT2D eigenvalue weighted by atomic mass is 16.2. The highest BCUT2D eigenvalue weighted by Gasteiger charge is 2.24. The predicted octanol–water partition coefficient (Wildman–Crippen LogP) is 2.47. The standard InChI is InChI=1S/C17H35N3O/c1-5-6-11-19(4)14-15-8-12-20(13-9-15)16(21)7-10-17(2,3)18/h15H,5-14,18H2,1-4H3. The highest BCUT2D eigenvalue weighted by molar-refractivity contribution is 5.76. The van der Waals surface area contributed by atoms with Crippen LogP contribution in [0, 0.1) is 5.92 Å². The maximum atomic E-state index is 12.2. The van der Waals surface area contributed by atoms with E-state index in [9.17, 15) is 4.79 Å². The topological polar surface area (TPSA) is 49.6 Å². The van der Waals surface area contributed by atoms with E-state index >= 15 is 0 Å². The maximum absolute atomic E-state index is 12.2. The number of carbonyl (C=O) groups excluding carboxylic acids is 1. The zero-order valence-electron chi connectivity index (χ0n) is 14.5. The monoisotopic (exact) mass is 297 g/mol. The third-order valence-electron chi connectivity index (χ3n) is 4.41. The molecule has 0 bridgehead atoms. The van der Waals surface area contributed by atoms with Crippen LogP contribution >= 0.6 is 0 Å². The molecule has 0 aromatic carbocycles. The second-order valence-corrected chi connectivity index (χ2v) is 7.43. The second-order valence-electron chi connectivity index (χ2n) is 7.43. The Hall–Kier alpha value is -0.610. The Kier molecular flexibility index (Phi) is 7.67. The Bertz CT molecular complexity index is 304. The number of unbranched alkanes of at least 4 members (excludes halogenated alkanes) is 1. The molecule has 1 aliphatic rings. The van der Waals surface area contributed by atoms with Crippen molar-refractivity contribution < 1.29 is 4.79 Å². The summed E-state index contributed by atoms with van der Waals surface area (Å²) in [6, 6.07) is 0. The average Bonchev–Trinajstić information content (AvgIpc) is 2.42. The van der Waals surface area contributed by atoms with Gasteiger partial charge in [0.15, 0.2) is 0 Å². The number of hydrogen-bond donors (Lipinski definition) is 1. The Balaban J connectivity index is 2.23. The van der Waals surface area contributed by atoms with Gasteiger partial charge in [-0.25, -0.2) is 0 Å². The molecule has 1 aliphatic heterocycles. The van der Waals surface area contributed by atoms with Crippen LogP contribution in [-0.2, 0) is 4.79 Å². The smallest absolute Gasteiger partial charge is 0.222 e. The van der Waals surface area contributed by atoms with Crippen LogP contribution in [0.2, 0.25) is 0 Å². The summed E-state index contributed by atoms with van der Waals surface area (Å²) in [4.78, 5) is 16.7. The molecular weight excluding hydrogens is 262 g/mol. The first-order chi connectivity index (χ1) is 9.81. The zero-order chi connectivity index (χ0) is 15.9. The minimum atomic E-state index is -0.240. The summed E-state index contributed by atoms with van der Waals surface area (Å²) in [5.41, 5.74) is 5.71. The Morgan fingerprint density at radius 2 is 1.95 bits per heavy atom. The lowest BCUT2D eigenvalue weighted by Gasteiger charge is -2.34. The van der Waals surface area contributed by atoms with E-state index in [1.807, 2.05) is 18.7 Å². The summed E-state index contributed by atoms with van der Waals surface area (Å²) < 4.78 is 0. The zero-order valence-corrected chi connectivity index (χ0v) is 14.5. The Morgan fingerprint density at radius 3 is 2.48 bits per heavy atom. The SMILES string of the molecule is CCCCN(C)CC1CCN(C(=O)CCC(C)(C)N)CC1. The van der Waals surface area contributed by atoms with E-state index in [1.165, 1.54) is 25.9 Å². The van der Waals surface area contributed by atoms with Crippen molar-refractivity contribution in [2.45, 2.75) is 64.8 Å². The molecule has 1 rings (SSSR count). The van der Waals surface area contributed by atoms with Gasteiger partial charge in [-0.1, -0.05) is 13.3 Å².